The van der Waals surface area contributed by atoms with Crippen LogP contribution in [0, 0.1) is 12.7 Å². The van der Waals surface area contributed by atoms with E-state index in [2.05, 4.69) is 9.97 Å². The molecule has 0 bridgehead atoms. The van der Waals surface area contributed by atoms with Gasteiger partial charge in [-0.15, -0.1) is 0 Å². The fourth-order valence-corrected chi connectivity index (χ4v) is 2.24. The minimum Gasteiger partial charge on any atom is -0.478 e. The highest BCUT2D eigenvalue weighted by molar-refractivity contribution is 7.99. The molecule has 98 valence electrons. The van der Waals surface area contributed by atoms with E-state index in [0.717, 1.165) is 29.6 Å². The number of anilines is 1. The van der Waals surface area contributed by atoms with Crippen molar-refractivity contribution < 1.29 is 14.3 Å². The van der Waals surface area contributed by atoms with Crippen LogP contribution in [-0.2, 0) is 0 Å². The molecule has 1 aromatic heterocycles. The number of aromatic nitrogens is 2. The second kappa shape index (κ2) is 5.23. The molecule has 2 rings (SSSR count). The Morgan fingerprint density at radius 1 is 1.47 bits per heavy atom. The number of halogens is 1. The molecule has 2 aromatic rings. The van der Waals surface area contributed by atoms with Gasteiger partial charge in [-0.25, -0.2) is 19.2 Å². The predicted molar refractivity (Wildman–Crippen MR) is 68.7 cm³/mol. The first-order valence-corrected chi connectivity index (χ1v) is 6.09. The smallest absolute Gasteiger partial charge is 0.338 e. The Kier molecular flexibility index (Phi) is 3.66. The molecule has 3 N–H and O–H groups in total. The van der Waals surface area contributed by atoms with Crippen LogP contribution < -0.4 is 5.73 Å². The van der Waals surface area contributed by atoms with Crippen molar-refractivity contribution >= 4 is 23.4 Å². The van der Waals surface area contributed by atoms with Crippen LogP contribution in [0.25, 0.3) is 0 Å². The Bertz CT molecular complexity index is 649. The Balaban J connectivity index is 2.36. The number of carboxylic acids is 1. The van der Waals surface area contributed by atoms with Crippen LogP contribution in [0.15, 0.2) is 34.4 Å². The number of aromatic carboxylic acids is 1. The minimum absolute atomic E-state index is 0.175. The summed E-state index contributed by atoms with van der Waals surface area (Å²) < 4.78 is 13.6. The minimum atomic E-state index is -1.35. The average molecular weight is 279 g/mol. The monoisotopic (exact) mass is 279 g/mol. The lowest BCUT2D eigenvalue weighted by Gasteiger charge is -2.06. The third-order valence-electron chi connectivity index (χ3n) is 2.30. The molecular weight excluding hydrogens is 269 g/mol. The summed E-state index contributed by atoms with van der Waals surface area (Å²) in [6.45, 7) is 1.81. The number of rotatable bonds is 3. The van der Waals surface area contributed by atoms with Crippen LogP contribution >= 0.6 is 11.8 Å². The number of nitrogen functional groups attached to an aromatic ring is 1. The lowest BCUT2D eigenvalue weighted by Crippen LogP contribution is -2.03. The molecule has 5 nitrogen and oxygen atoms in total. The zero-order valence-electron chi connectivity index (χ0n) is 9.92. The van der Waals surface area contributed by atoms with E-state index in [4.69, 9.17) is 10.8 Å². The van der Waals surface area contributed by atoms with Crippen molar-refractivity contribution in [3.8, 4) is 0 Å². The highest BCUT2D eigenvalue weighted by Crippen LogP contribution is 2.31. The van der Waals surface area contributed by atoms with Crippen LogP contribution in [0.4, 0.5) is 10.1 Å². The molecule has 0 saturated carbocycles. The molecule has 0 spiro atoms. The first kappa shape index (κ1) is 13.3. The first-order chi connectivity index (χ1) is 8.97. The Hall–Kier alpha value is -2.15. The van der Waals surface area contributed by atoms with Gasteiger partial charge in [0.15, 0.2) is 5.16 Å². The topological polar surface area (TPSA) is 89.1 Å². The van der Waals surface area contributed by atoms with Crippen molar-refractivity contribution in [3.05, 3.63) is 41.5 Å². The van der Waals surface area contributed by atoms with E-state index in [1.165, 1.54) is 0 Å². The molecule has 0 saturated heterocycles. The molecular formula is C12H10FN3O2S. The number of hydrogen-bond donors (Lipinski definition) is 2. The van der Waals surface area contributed by atoms with E-state index in [0.29, 0.717) is 10.1 Å². The molecule has 0 radical (unpaired) electrons. The lowest BCUT2D eigenvalue weighted by atomic mass is 10.2. The first-order valence-electron chi connectivity index (χ1n) is 5.27. The van der Waals surface area contributed by atoms with Crippen LogP contribution in [-0.4, -0.2) is 21.0 Å². The predicted octanol–water partition coefficient (Wildman–Crippen LogP) is 2.36. The van der Waals surface area contributed by atoms with Gasteiger partial charge in [0.1, 0.15) is 5.82 Å². The van der Waals surface area contributed by atoms with Crippen LogP contribution in [0.3, 0.4) is 0 Å². The summed E-state index contributed by atoms with van der Waals surface area (Å²) in [5, 5.41) is 9.21. The number of nitrogens with zero attached hydrogens (tertiary/aromatic N) is 2. The quantitative estimate of drug-likeness (QED) is 0.662. The van der Waals surface area contributed by atoms with Crippen molar-refractivity contribution in [1.82, 2.24) is 9.97 Å². The summed E-state index contributed by atoms with van der Waals surface area (Å²) >= 11 is 1.08. The van der Waals surface area contributed by atoms with Crippen LogP contribution in [0.1, 0.15) is 16.1 Å². The van der Waals surface area contributed by atoms with Crippen LogP contribution in [0.5, 0.6) is 0 Å². The maximum Gasteiger partial charge on any atom is 0.338 e. The largest absolute Gasteiger partial charge is 0.478 e. The molecule has 0 aliphatic carbocycles. The Morgan fingerprint density at radius 2 is 2.21 bits per heavy atom. The molecule has 0 aliphatic heterocycles. The summed E-state index contributed by atoms with van der Waals surface area (Å²) in [6, 6.07) is 3.91. The Morgan fingerprint density at radius 3 is 2.84 bits per heavy atom. The zero-order valence-corrected chi connectivity index (χ0v) is 10.7. The summed E-state index contributed by atoms with van der Waals surface area (Å²) in [6.07, 6.45) is 1.59. The zero-order chi connectivity index (χ0) is 14.0. The van der Waals surface area contributed by atoms with Crippen molar-refractivity contribution in [2.45, 2.75) is 17.0 Å². The molecule has 1 heterocycles. The second-order valence-corrected chi connectivity index (χ2v) is 4.77. The van der Waals surface area contributed by atoms with Crippen molar-refractivity contribution in [2.24, 2.45) is 0 Å². The summed E-state index contributed by atoms with van der Waals surface area (Å²) in [4.78, 5) is 19.3. The molecule has 0 unspecified atom stereocenters. The van der Waals surface area contributed by atoms with Gasteiger partial charge in [0, 0.05) is 22.5 Å². The molecule has 1 aromatic carbocycles. The molecule has 0 atom stereocenters. The van der Waals surface area contributed by atoms with Crippen LogP contribution in [0.2, 0.25) is 0 Å². The molecule has 19 heavy (non-hydrogen) atoms. The molecule has 0 aliphatic rings. The SMILES string of the molecule is Cc1ccnc(Sc2cc(F)c(C(=O)O)cc2N)n1. The van der Waals surface area contributed by atoms with Crippen molar-refractivity contribution in [1.29, 1.82) is 0 Å². The summed E-state index contributed by atoms with van der Waals surface area (Å²) in [5.41, 5.74) is 6.21. The molecule has 7 heteroatoms. The van der Waals surface area contributed by atoms with E-state index < -0.39 is 17.3 Å². The fourth-order valence-electron chi connectivity index (χ4n) is 1.40. The van der Waals surface area contributed by atoms with Gasteiger partial charge in [-0.2, -0.15) is 0 Å². The van der Waals surface area contributed by atoms with Gasteiger partial charge < -0.3 is 10.8 Å². The van der Waals surface area contributed by atoms with Gasteiger partial charge in [-0.1, -0.05) is 0 Å². The second-order valence-electron chi connectivity index (χ2n) is 3.76. The Labute approximate surface area is 112 Å². The van der Waals surface area contributed by atoms with Gasteiger partial charge in [-0.05, 0) is 36.9 Å². The number of benzene rings is 1. The average Bonchev–Trinajstić information content (AvgIpc) is 2.33. The standard InChI is InChI=1S/C12H10FN3O2S/c1-6-2-3-15-12(16-6)19-10-5-8(13)7(11(17)18)4-9(10)14/h2-5H,14H2,1H3,(H,17,18). The third kappa shape index (κ3) is 3.00. The van der Waals surface area contributed by atoms with Gasteiger partial charge in [0.2, 0.25) is 0 Å². The lowest BCUT2D eigenvalue weighted by molar-refractivity contribution is 0.0692. The van der Waals surface area contributed by atoms with Crippen molar-refractivity contribution in [3.63, 3.8) is 0 Å². The van der Waals surface area contributed by atoms with Gasteiger partial charge in [-0.3, -0.25) is 0 Å². The number of carbonyl (C=O) groups is 1. The molecule has 0 amide bonds. The highest BCUT2D eigenvalue weighted by Gasteiger charge is 2.15. The van der Waals surface area contributed by atoms with Gasteiger partial charge in [0.25, 0.3) is 0 Å². The highest BCUT2D eigenvalue weighted by atomic mass is 32.2. The van der Waals surface area contributed by atoms with E-state index in [1.807, 2.05) is 6.92 Å². The van der Waals surface area contributed by atoms with E-state index >= 15 is 0 Å². The number of aryl methyl sites for hydroxylation is 1. The van der Waals surface area contributed by atoms with Gasteiger partial charge >= 0.3 is 5.97 Å². The number of nitrogens with two attached hydrogens (primary N) is 1. The van der Waals surface area contributed by atoms with Gasteiger partial charge in [0.05, 0.1) is 5.56 Å². The summed E-state index contributed by atoms with van der Waals surface area (Å²) in [7, 11) is 0. The number of hydrogen-bond acceptors (Lipinski definition) is 5. The number of carboxylic acid groups (broad SMARTS) is 1. The maximum absolute atomic E-state index is 13.6. The van der Waals surface area contributed by atoms with E-state index in [9.17, 15) is 9.18 Å². The third-order valence-corrected chi connectivity index (χ3v) is 3.26. The maximum atomic E-state index is 13.6. The van der Waals surface area contributed by atoms with E-state index in [-0.39, 0.29) is 5.69 Å². The molecule has 0 fully saturated rings. The normalized spacial score (nSPS) is 10.4. The van der Waals surface area contributed by atoms with E-state index in [1.54, 1.807) is 12.3 Å². The summed E-state index contributed by atoms with van der Waals surface area (Å²) in [5.74, 6) is -2.19. The van der Waals surface area contributed by atoms with Crippen molar-refractivity contribution in [2.75, 3.05) is 5.73 Å². The fraction of sp³-hybridized carbons (Fsp3) is 0.0833.